The molecule has 562 valence electrons. The molecule has 3 N–H and O–H groups in total. The van der Waals surface area contributed by atoms with Crippen LogP contribution in [0.1, 0.15) is 119 Å². The van der Waals surface area contributed by atoms with Crippen molar-refractivity contribution in [1.29, 1.82) is 0 Å². The van der Waals surface area contributed by atoms with Crippen LogP contribution >= 0.6 is 31.9 Å². The number of carbonyl (C=O) groups is 2. The molecule has 5 aliphatic rings. The van der Waals surface area contributed by atoms with Gasteiger partial charge in [0, 0.05) is 140 Å². The Morgan fingerprint density at radius 3 is 1.23 bits per heavy atom. The van der Waals surface area contributed by atoms with Gasteiger partial charge < -0.3 is 53.7 Å². The number of benzene rings is 5. The molecule has 0 unspecified atom stereocenters. The summed E-state index contributed by atoms with van der Waals surface area (Å²) in [5, 5.41) is 12.4. The molecule has 2 amide bonds. The highest BCUT2D eigenvalue weighted by Crippen LogP contribution is 2.44. The van der Waals surface area contributed by atoms with Crippen molar-refractivity contribution in [2.24, 2.45) is 0 Å². The van der Waals surface area contributed by atoms with Crippen molar-refractivity contribution in [2.75, 3.05) is 50.2 Å². The molecule has 16 rings (SSSR count). The summed E-state index contributed by atoms with van der Waals surface area (Å²) in [4.78, 5) is 67.4. The lowest BCUT2D eigenvalue weighted by atomic mass is 9.49. The van der Waals surface area contributed by atoms with E-state index < -0.39 is 21.1 Å². The fraction of sp³-hybridized carbons (Fsp3) is 0.354. The zero-order valence-electron chi connectivity index (χ0n) is 65.0. The monoisotopic (exact) mass is 1590 g/mol. The average Bonchev–Trinajstić information content (AvgIpc) is 1.58. The Kier molecular flexibility index (Phi) is 23.6. The summed E-state index contributed by atoms with van der Waals surface area (Å²) in [6.07, 6.45) is 12.4. The molecule has 11 heterocycles. The van der Waals surface area contributed by atoms with Gasteiger partial charge in [0.2, 0.25) is 11.8 Å². The highest BCUT2D eigenvalue weighted by atomic mass is 79.9. The van der Waals surface area contributed by atoms with Gasteiger partial charge in [0.05, 0.1) is 50.2 Å². The summed E-state index contributed by atoms with van der Waals surface area (Å²) in [6, 6.07) is 42.4. The van der Waals surface area contributed by atoms with Gasteiger partial charge in [-0.25, -0.2) is 29.9 Å². The van der Waals surface area contributed by atoms with Gasteiger partial charge in [0.1, 0.15) is 17.5 Å². The third-order valence-corrected chi connectivity index (χ3v) is 22.8. The molecule has 0 aliphatic carbocycles. The van der Waals surface area contributed by atoms with Crippen molar-refractivity contribution in [3.05, 3.63) is 196 Å². The van der Waals surface area contributed by atoms with Gasteiger partial charge in [-0.1, -0.05) is 74.3 Å². The molecule has 5 aromatic carbocycles. The van der Waals surface area contributed by atoms with E-state index in [2.05, 4.69) is 142 Å². The average molecular weight is 1590 g/mol. The Morgan fingerprint density at radius 1 is 0.422 bits per heavy atom. The Morgan fingerprint density at radius 2 is 0.807 bits per heavy atom. The minimum atomic E-state index is -0.476. The molecule has 27 heteroatoms. The van der Waals surface area contributed by atoms with Crippen LogP contribution in [0, 0.1) is 0 Å². The van der Waals surface area contributed by atoms with Crippen molar-refractivity contribution in [3.8, 4) is 45.3 Å². The van der Waals surface area contributed by atoms with E-state index in [1.807, 2.05) is 177 Å². The number of hydrogen-bond acceptors (Lipinski definition) is 20. The number of carbonyl (C=O) groups excluding carboxylic acids is 2. The quantitative estimate of drug-likeness (QED) is 0.114. The largest absolute Gasteiger partial charge is 0.494 e. The first-order valence-corrected chi connectivity index (χ1v) is 38.2. The summed E-state index contributed by atoms with van der Waals surface area (Å²) in [6.45, 7) is 30.7. The van der Waals surface area contributed by atoms with Crippen LogP contribution in [-0.2, 0) is 63.4 Å². The maximum absolute atomic E-state index is 12.0. The van der Waals surface area contributed by atoms with Crippen LogP contribution in [0.5, 0.6) is 0 Å². The number of pyridine rings is 3. The molecule has 0 spiro atoms. The first-order valence-electron chi connectivity index (χ1n) is 36.6. The third-order valence-electron chi connectivity index (χ3n) is 21.5. The standard InChI is InChI=1S/C25H23N5O.C20H23BN4O2.C14H11BrN4.C12H24B2O4.C11H12BrNO/c1-16(31)30-12-10-17-5-3-7-20(22(17)15-30)18-8-9-23-21(13-18)25(26-2)29-24(28-23)19-6-4-11-27-14-19;1-19(2)20(3,4)27-21(26-19)14-8-9-16-15(11-14)18(22-5)25-17(24-16)13-7-6-10-23-12-13;1-16-14-11-7-10(15)4-5-12(11)18-13(19-14)9-3-2-6-17-8-9;1-9(2)10(3,4)16-13(15-9)14-17-11(5,6)12(7,8)18-14;1-8(14)13-6-5-9-3-2-4-11(12)10(9)7-13/h3-9,11,13-14H,10,12,15H2,1-2H3,(H,26,28,29);6-12H,1-5H3,(H,22,24,25);2-8H,1H3,(H,16,18,19);1-8H3;2-4H,5-7H2,1H3. The van der Waals surface area contributed by atoms with Gasteiger partial charge in [-0.2, -0.15) is 0 Å². The Bertz CT molecular complexity index is 5070. The fourth-order valence-corrected chi connectivity index (χ4v) is 13.9. The zero-order chi connectivity index (χ0) is 78.0. The first kappa shape index (κ1) is 79.4. The number of amides is 2. The van der Waals surface area contributed by atoms with Crippen LogP contribution in [-0.4, -0.2) is 155 Å². The molecule has 109 heavy (non-hydrogen) atoms. The van der Waals surface area contributed by atoms with E-state index in [9.17, 15) is 9.59 Å². The Hall–Kier alpha value is -9.18. The van der Waals surface area contributed by atoms with E-state index in [1.165, 1.54) is 22.3 Å². The predicted octanol–water partition coefficient (Wildman–Crippen LogP) is 15.4. The fourth-order valence-electron chi connectivity index (χ4n) is 13.0. The van der Waals surface area contributed by atoms with Crippen LogP contribution in [0.4, 0.5) is 17.5 Å². The first-order chi connectivity index (χ1) is 51.8. The molecule has 0 atom stereocenters. The van der Waals surface area contributed by atoms with Crippen LogP contribution in [0.15, 0.2) is 174 Å². The molecule has 5 aliphatic heterocycles. The van der Waals surface area contributed by atoms with Gasteiger partial charge in [-0.05, 0) is 220 Å². The third kappa shape index (κ3) is 17.4. The topological polar surface area (TPSA) is 248 Å². The van der Waals surface area contributed by atoms with E-state index in [0.29, 0.717) is 24.0 Å². The molecule has 0 saturated carbocycles. The van der Waals surface area contributed by atoms with Crippen molar-refractivity contribution < 1.29 is 37.5 Å². The zero-order valence-corrected chi connectivity index (χ0v) is 68.2. The maximum Gasteiger partial charge on any atom is 0.494 e. The normalized spacial score (nSPS) is 17.3. The second kappa shape index (κ2) is 32.4. The van der Waals surface area contributed by atoms with Crippen molar-refractivity contribution in [3.63, 3.8) is 0 Å². The smallest absolute Gasteiger partial charge is 0.405 e. The number of halogens is 2. The molecule has 22 nitrogen and oxygen atoms in total. The summed E-state index contributed by atoms with van der Waals surface area (Å²) >= 11 is 6.99. The van der Waals surface area contributed by atoms with Gasteiger partial charge in [-0.15, -0.1) is 0 Å². The van der Waals surface area contributed by atoms with E-state index in [0.717, 1.165) is 125 Å². The Labute approximate surface area is 656 Å². The highest BCUT2D eigenvalue weighted by Gasteiger charge is 2.64. The van der Waals surface area contributed by atoms with E-state index in [4.69, 9.17) is 42.9 Å². The molecule has 6 aromatic heterocycles. The van der Waals surface area contributed by atoms with Crippen molar-refractivity contribution in [1.82, 2.24) is 54.7 Å². The molecule has 0 radical (unpaired) electrons. The number of rotatable bonds is 9. The second-order valence-corrected chi connectivity index (χ2v) is 32.1. The number of hydrogen-bond donors (Lipinski definition) is 3. The van der Waals surface area contributed by atoms with Gasteiger partial charge >= 0.3 is 21.1 Å². The summed E-state index contributed by atoms with van der Waals surface area (Å²) < 4.78 is 38.3. The minimum absolute atomic E-state index is 0.118. The second-order valence-electron chi connectivity index (χ2n) is 30.4. The molecule has 3 saturated heterocycles. The van der Waals surface area contributed by atoms with Crippen LogP contribution < -0.4 is 21.4 Å². The summed E-state index contributed by atoms with van der Waals surface area (Å²) in [7, 11) is 4.22. The van der Waals surface area contributed by atoms with Crippen LogP contribution in [0.3, 0.4) is 0 Å². The molecule has 0 bridgehead atoms. The van der Waals surface area contributed by atoms with Crippen LogP contribution in [0.2, 0.25) is 0 Å². The molecular formula is C82H93B3Br2N14O8. The molecule has 3 fully saturated rings. The van der Waals surface area contributed by atoms with Gasteiger partial charge in [-0.3, -0.25) is 24.5 Å². The van der Waals surface area contributed by atoms with Crippen LogP contribution in [0.25, 0.3) is 78.0 Å². The van der Waals surface area contributed by atoms with Crippen molar-refractivity contribution >= 4 is 120 Å². The number of anilines is 3. The number of fused-ring (bicyclic) bond motifs is 5. The number of nitrogens with one attached hydrogen (secondary N) is 3. The lowest BCUT2D eigenvalue weighted by molar-refractivity contribution is -0.130. The summed E-state index contributed by atoms with van der Waals surface area (Å²) in [5.74, 6) is 4.59. The number of aromatic nitrogens is 9. The molecule has 11 aromatic rings. The SMILES string of the molecule is CC(=O)N1CCc2cccc(Br)c2C1.CC1(C)OB(B2OC(C)(C)C(C)(C)O2)OC1(C)C.CNc1nc(-c2cccnc2)nc2ccc(-c3cccc4c3CN(C(C)=O)CC4)cc12.CNc1nc(-c2cccnc2)nc2ccc(B3OC(C)(C)C(C)(C)O3)cc12.CNc1nc(-c2cccnc2)nc2ccc(Br)cc12. The van der Waals surface area contributed by atoms with E-state index >= 15 is 0 Å². The van der Waals surface area contributed by atoms with E-state index in [1.54, 1.807) is 51.0 Å². The van der Waals surface area contributed by atoms with Crippen molar-refractivity contribution in [2.45, 2.75) is 156 Å². The maximum atomic E-state index is 12.0. The highest BCUT2D eigenvalue weighted by molar-refractivity contribution is 9.10. The summed E-state index contributed by atoms with van der Waals surface area (Å²) in [5.41, 5.74) is 11.5. The lowest BCUT2D eigenvalue weighted by Crippen LogP contribution is -2.41. The predicted molar refractivity (Wildman–Crippen MR) is 442 cm³/mol. The minimum Gasteiger partial charge on any atom is -0.405 e. The van der Waals surface area contributed by atoms with Gasteiger partial charge in [0.15, 0.2) is 17.5 Å². The van der Waals surface area contributed by atoms with E-state index in [-0.39, 0.29) is 45.4 Å². The van der Waals surface area contributed by atoms with Gasteiger partial charge in [0.25, 0.3) is 0 Å². The molecular weight excluding hydrogens is 1500 g/mol. The number of nitrogens with zero attached hydrogens (tertiary/aromatic N) is 11. The lowest BCUT2D eigenvalue weighted by Gasteiger charge is -2.32. The Balaban J connectivity index is 0.000000131.